The van der Waals surface area contributed by atoms with E-state index in [1.165, 1.54) is 15.3 Å². The van der Waals surface area contributed by atoms with E-state index < -0.39 is 0 Å². The Morgan fingerprint density at radius 2 is 1.77 bits per heavy atom. The van der Waals surface area contributed by atoms with Gasteiger partial charge in [-0.3, -0.25) is 4.79 Å². The summed E-state index contributed by atoms with van der Waals surface area (Å²) < 4.78 is 0. The van der Waals surface area contributed by atoms with Gasteiger partial charge in [0, 0.05) is 22.8 Å². The fourth-order valence-electron chi connectivity index (χ4n) is 2.42. The maximum atomic E-state index is 12.0. The number of aryl methyl sites for hydroxylation is 1. The van der Waals surface area contributed by atoms with Gasteiger partial charge in [0.25, 0.3) is 0 Å². The number of carbonyl (C=O) groups excluding carboxylic acids is 1. The number of aliphatic imine (C=N–C) groups is 1. The smallest absolute Gasteiger partial charge is 0.241 e. The predicted octanol–water partition coefficient (Wildman–Crippen LogP) is 2.72. The second-order valence-electron chi connectivity index (χ2n) is 5.86. The molecule has 26 heavy (non-hydrogen) atoms. The Morgan fingerprint density at radius 1 is 1.00 bits per heavy atom. The van der Waals surface area contributed by atoms with Crippen molar-refractivity contribution in [1.29, 1.82) is 0 Å². The third kappa shape index (κ3) is 7.27. The number of guanidine groups is 1. The lowest BCUT2D eigenvalue weighted by molar-refractivity contribution is -0.119. The average Bonchev–Trinajstić information content (AvgIpc) is 3.13. The molecule has 3 N–H and O–H groups in total. The molecular weight excluding hydrogens is 344 g/mol. The molecular formula is C20H28N4OS. The third-order valence-corrected chi connectivity index (χ3v) is 5.03. The minimum atomic E-state index is -0.0671. The Balaban J connectivity index is 1.74. The van der Waals surface area contributed by atoms with E-state index >= 15 is 0 Å². The first kappa shape index (κ1) is 20.0. The monoisotopic (exact) mass is 372 g/mol. The standard InChI is InChI=1S/C20H28N4OS/c1-3-17-10-11-18(26-17)14-23-20(21-4-2)24-15-19(25)22-13-12-16-8-6-5-7-9-16/h5-11H,3-4,12-15H2,1-2H3,(H,22,25)(H2,21,23,24). The van der Waals surface area contributed by atoms with Crippen molar-refractivity contribution in [3.8, 4) is 0 Å². The van der Waals surface area contributed by atoms with Gasteiger partial charge in [0.15, 0.2) is 5.96 Å². The van der Waals surface area contributed by atoms with Crippen molar-refractivity contribution in [2.45, 2.75) is 33.2 Å². The quantitative estimate of drug-likeness (QED) is 0.468. The number of nitrogens with one attached hydrogen (secondary N) is 3. The van der Waals surface area contributed by atoms with E-state index in [2.05, 4.69) is 52.1 Å². The van der Waals surface area contributed by atoms with Crippen LogP contribution in [0.3, 0.4) is 0 Å². The van der Waals surface area contributed by atoms with Crippen LogP contribution in [0.25, 0.3) is 0 Å². The van der Waals surface area contributed by atoms with Crippen LogP contribution in [0.2, 0.25) is 0 Å². The Kier molecular flexibility index (Phi) is 8.69. The topological polar surface area (TPSA) is 65.5 Å². The molecule has 0 saturated carbocycles. The number of thiophene rings is 1. The van der Waals surface area contributed by atoms with Gasteiger partial charge in [0.05, 0.1) is 6.54 Å². The van der Waals surface area contributed by atoms with E-state index in [1.54, 1.807) is 11.3 Å². The fraction of sp³-hybridized carbons (Fsp3) is 0.400. The molecule has 1 aromatic carbocycles. The van der Waals surface area contributed by atoms with E-state index in [0.717, 1.165) is 19.4 Å². The Hall–Kier alpha value is -2.34. The number of rotatable bonds is 9. The summed E-state index contributed by atoms with van der Waals surface area (Å²) in [6.07, 6.45) is 1.88. The van der Waals surface area contributed by atoms with Crippen LogP contribution in [0.15, 0.2) is 47.5 Å². The second kappa shape index (κ2) is 11.3. The number of carbonyl (C=O) groups is 1. The van der Waals surface area contributed by atoms with E-state index in [0.29, 0.717) is 19.0 Å². The maximum Gasteiger partial charge on any atom is 0.241 e. The SMILES string of the molecule is CCNC(=NCC(=O)NCCc1ccccc1)NCc1ccc(CC)s1. The molecule has 1 amide bonds. The van der Waals surface area contributed by atoms with Gasteiger partial charge in [-0.2, -0.15) is 0 Å². The number of benzene rings is 1. The molecule has 0 spiro atoms. The van der Waals surface area contributed by atoms with Crippen molar-refractivity contribution in [3.63, 3.8) is 0 Å². The van der Waals surface area contributed by atoms with Crippen LogP contribution < -0.4 is 16.0 Å². The van der Waals surface area contributed by atoms with Crippen LogP contribution in [-0.4, -0.2) is 31.5 Å². The molecule has 140 valence electrons. The molecule has 0 aliphatic carbocycles. The lowest BCUT2D eigenvalue weighted by Gasteiger charge is -2.10. The molecule has 1 heterocycles. The molecule has 6 heteroatoms. The summed E-state index contributed by atoms with van der Waals surface area (Å²) in [4.78, 5) is 19.0. The summed E-state index contributed by atoms with van der Waals surface area (Å²) in [6.45, 7) is 6.38. The van der Waals surface area contributed by atoms with Crippen LogP contribution in [0.5, 0.6) is 0 Å². The zero-order chi connectivity index (χ0) is 18.6. The van der Waals surface area contributed by atoms with Crippen LogP contribution in [0.1, 0.15) is 29.2 Å². The number of hydrogen-bond donors (Lipinski definition) is 3. The summed E-state index contributed by atoms with van der Waals surface area (Å²) in [7, 11) is 0. The van der Waals surface area contributed by atoms with E-state index in [-0.39, 0.29) is 12.5 Å². The molecule has 0 saturated heterocycles. The Bertz CT molecular complexity index is 697. The van der Waals surface area contributed by atoms with Crippen molar-refractivity contribution < 1.29 is 4.79 Å². The minimum Gasteiger partial charge on any atom is -0.357 e. The first-order valence-electron chi connectivity index (χ1n) is 9.11. The molecule has 1 aromatic heterocycles. The lowest BCUT2D eigenvalue weighted by atomic mass is 10.1. The van der Waals surface area contributed by atoms with Gasteiger partial charge in [-0.25, -0.2) is 4.99 Å². The van der Waals surface area contributed by atoms with Crippen molar-refractivity contribution in [2.75, 3.05) is 19.6 Å². The number of nitrogens with zero attached hydrogens (tertiary/aromatic N) is 1. The summed E-state index contributed by atoms with van der Waals surface area (Å²) in [5.74, 6) is 0.597. The summed E-state index contributed by atoms with van der Waals surface area (Å²) in [5.41, 5.74) is 1.22. The van der Waals surface area contributed by atoms with Gasteiger partial charge in [-0.05, 0) is 37.5 Å². The molecule has 2 aromatic rings. The van der Waals surface area contributed by atoms with Gasteiger partial charge in [-0.15, -0.1) is 11.3 Å². The van der Waals surface area contributed by atoms with Crippen molar-refractivity contribution >= 4 is 23.2 Å². The van der Waals surface area contributed by atoms with Crippen LogP contribution in [0, 0.1) is 0 Å². The molecule has 2 rings (SSSR count). The lowest BCUT2D eigenvalue weighted by Crippen LogP contribution is -2.38. The largest absolute Gasteiger partial charge is 0.357 e. The van der Waals surface area contributed by atoms with Gasteiger partial charge in [0.1, 0.15) is 6.54 Å². The summed E-state index contributed by atoms with van der Waals surface area (Å²) in [6, 6.07) is 14.4. The number of hydrogen-bond acceptors (Lipinski definition) is 3. The predicted molar refractivity (Wildman–Crippen MR) is 110 cm³/mol. The van der Waals surface area contributed by atoms with Crippen LogP contribution in [0.4, 0.5) is 0 Å². The summed E-state index contributed by atoms with van der Waals surface area (Å²) in [5, 5.41) is 9.37. The molecule has 0 aliphatic rings. The molecule has 0 bridgehead atoms. The van der Waals surface area contributed by atoms with E-state index in [4.69, 9.17) is 0 Å². The molecule has 0 fully saturated rings. The maximum absolute atomic E-state index is 12.0. The van der Waals surface area contributed by atoms with Crippen molar-refractivity contribution in [2.24, 2.45) is 4.99 Å². The van der Waals surface area contributed by atoms with Gasteiger partial charge < -0.3 is 16.0 Å². The highest BCUT2D eigenvalue weighted by molar-refractivity contribution is 7.11. The number of amides is 1. The zero-order valence-corrected chi connectivity index (χ0v) is 16.4. The highest BCUT2D eigenvalue weighted by Crippen LogP contribution is 2.16. The minimum absolute atomic E-state index is 0.0671. The van der Waals surface area contributed by atoms with E-state index in [1.807, 2.05) is 25.1 Å². The van der Waals surface area contributed by atoms with E-state index in [9.17, 15) is 4.79 Å². The molecule has 0 aliphatic heterocycles. The molecule has 0 radical (unpaired) electrons. The van der Waals surface area contributed by atoms with Gasteiger partial charge in [0.2, 0.25) is 5.91 Å². The molecule has 0 atom stereocenters. The molecule has 5 nitrogen and oxygen atoms in total. The zero-order valence-electron chi connectivity index (χ0n) is 15.5. The third-order valence-electron chi connectivity index (χ3n) is 3.80. The van der Waals surface area contributed by atoms with Crippen LogP contribution >= 0.6 is 11.3 Å². The molecule has 0 unspecified atom stereocenters. The first-order valence-corrected chi connectivity index (χ1v) is 9.93. The second-order valence-corrected chi connectivity index (χ2v) is 7.11. The highest BCUT2D eigenvalue weighted by atomic mass is 32.1. The normalized spacial score (nSPS) is 11.2. The van der Waals surface area contributed by atoms with Gasteiger partial charge >= 0.3 is 0 Å². The van der Waals surface area contributed by atoms with Crippen LogP contribution in [-0.2, 0) is 24.2 Å². The van der Waals surface area contributed by atoms with Crippen molar-refractivity contribution in [3.05, 3.63) is 57.8 Å². The summed E-state index contributed by atoms with van der Waals surface area (Å²) >= 11 is 1.80. The van der Waals surface area contributed by atoms with Gasteiger partial charge in [-0.1, -0.05) is 37.3 Å². The highest BCUT2D eigenvalue weighted by Gasteiger charge is 2.04. The van der Waals surface area contributed by atoms with Crippen molar-refractivity contribution in [1.82, 2.24) is 16.0 Å². The Labute approximate surface area is 159 Å². The Morgan fingerprint density at radius 3 is 2.46 bits per heavy atom. The first-order chi connectivity index (χ1) is 12.7. The fourth-order valence-corrected chi connectivity index (χ4v) is 3.32. The average molecular weight is 373 g/mol.